The number of amides is 1. The normalized spacial score (nSPS) is 20.5. The highest BCUT2D eigenvalue weighted by atomic mass is 16.2. The quantitative estimate of drug-likeness (QED) is 0.771. The lowest BCUT2D eigenvalue weighted by Crippen LogP contribution is -2.38. The lowest BCUT2D eigenvalue weighted by molar-refractivity contribution is 0.0923. The van der Waals surface area contributed by atoms with Crippen molar-refractivity contribution in [3.05, 3.63) is 64.7 Å². The maximum Gasteiger partial charge on any atom is 0.252 e. The van der Waals surface area contributed by atoms with Crippen molar-refractivity contribution in [1.82, 2.24) is 20.1 Å². The number of nitrogens with one attached hydrogen (secondary N) is 2. The van der Waals surface area contributed by atoms with Crippen LogP contribution in [0.25, 0.3) is 10.9 Å². The lowest BCUT2D eigenvalue weighted by atomic mass is 9.91. The maximum atomic E-state index is 12.7. The molecular weight excluding hydrogens is 316 g/mol. The number of hydrogen-bond acceptors (Lipinski definition) is 3. The summed E-state index contributed by atoms with van der Waals surface area (Å²) in [5.41, 5.74) is 0.863. The van der Waals surface area contributed by atoms with Gasteiger partial charge in [-0.25, -0.2) is 0 Å². The van der Waals surface area contributed by atoms with Gasteiger partial charge in [0.2, 0.25) is 5.56 Å². The highest BCUT2D eigenvalue weighted by Crippen LogP contribution is 2.28. The highest BCUT2D eigenvalue weighted by molar-refractivity contribution is 6.06. The second-order valence-electron chi connectivity index (χ2n) is 6.56. The number of rotatable bonds is 3. The standard InChI is InChI=1S/C19H20N4O2/c24-18-12-16(15-4-1-2-5-17(15)22-18)19(25)21-13-6-8-14(9-7-13)23-11-3-10-20-23/h1-5,10-14H,6-9H2,(H,21,25)(H,22,24). The Labute approximate surface area is 144 Å². The van der Waals surface area contributed by atoms with E-state index < -0.39 is 0 Å². The molecule has 1 amide bonds. The van der Waals surface area contributed by atoms with Crippen LogP contribution in [-0.2, 0) is 0 Å². The number of carbonyl (C=O) groups excluding carboxylic acids is 1. The van der Waals surface area contributed by atoms with Gasteiger partial charge in [0.1, 0.15) is 0 Å². The van der Waals surface area contributed by atoms with E-state index in [4.69, 9.17) is 0 Å². The Bertz CT molecular complexity index is 937. The number of hydrogen-bond donors (Lipinski definition) is 2. The van der Waals surface area contributed by atoms with Crippen molar-refractivity contribution >= 4 is 16.8 Å². The summed E-state index contributed by atoms with van der Waals surface area (Å²) < 4.78 is 2.00. The molecule has 4 rings (SSSR count). The molecule has 0 saturated heterocycles. The number of H-pyrrole nitrogens is 1. The number of nitrogens with zero attached hydrogens (tertiary/aromatic N) is 2. The predicted octanol–water partition coefficient (Wildman–Crippen LogP) is 2.64. The minimum Gasteiger partial charge on any atom is -0.349 e. The van der Waals surface area contributed by atoms with E-state index in [2.05, 4.69) is 15.4 Å². The molecule has 3 aromatic rings. The minimum absolute atomic E-state index is 0.136. The molecule has 1 saturated carbocycles. The molecule has 0 bridgehead atoms. The Morgan fingerprint density at radius 1 is 1.16 bits per heavy atom. The van der Waals surface area contributed by atoms with Crippen molar-refractivity contribution in [2.75, 3.05) is 0 Å². The van der Waals surface area contributed by atoms with Crippen LogP contribution in [0.15, 0.2) is 53.6 Å². The second kappa shape index (κ2) is 6.55. The summed E-state index contributed by atoms with van der Waals surface area (Å²) in [7, 11) is 0. The molecule has 1 aliphatic rings. The number of para-hydroxylation sites is 1. The van der Waals surface area contributed by atoms with E-state index in [1.54, 1.807) is 6.20 Å². The van der Waals surface area contributed by atoms with E-state index in [1.165, 1.54) is 6.07 Å². The van der Waals surface area contributed by atoms with E-state index in [-0.39, 0.29) is 17.5 Å². The van der Waals surface area contributed by atoms with Crippen LogP contribution < -0.4 is 10.9 Å². The third-order valence-corrected chi connectivity index (χ3v) is 4.93. The Hall–Kier alpha value is -2.89. The van der Waals surface area contributed by atoms with E-state index >= 15 is 0 Å². The van der Waals surface area contributed by atoms with Gasteiger partial charge in [-0.05, 0) is 37.8 Å². The monoisotopic (exact) mass is 336 g/mol. The summed E-state index contributed by atoms with van der Waals surface area (Å²) in [6.45, 7) is 0. The zero-order chi connectivity index (χ0) is 17.2. The average molecular weight is 336 g/mol. The molecule has 6 heteroatoms. The zero-order valence-electron chi connectivity index (χ0n) is 13.8. The molecule has 1 aromatic carbocycles. The molecule has 0 atom stereocenters. The van der Waals surface area contributed by atoms with Gasteiger partial charge >= 0.3 is 0 Å². The predicted molar refractivity (Wildman–Crippen MR) is 95.6 cm³/mol. The molecule has 6 nitrogen and oxygen atoms in total. The van der Waals surface area contributed by atoms with E-state index in [1.807, 2.05) is 41.2 Å². The molecule has 0 unspecified atom stereocenters. The highest BCUT2D eigenvalue weighted by Gasteiger charge is 2.24. The fraction of sp³-hybridized carbons (Fsp3) is 0.316. The van der Waals surface area contributed by atoms with E-state index in [9.17, 15) is 9.59 Å². The number of aromatic nitrogens is 3. The van der Waals surface area contributed by atoms with Gasteiger partial charge in [-0.1, -0.05) is 18.2 Å². The van der Waals surface area contributed by atoms with Crippen LogP contribution in [0, 0.1) is 0 Å². The van der Waals surface area contributed by atoms with Gasteiger partial charge in [0.15, 0.2) is 0 Å². The molecule has 2 aromatic heterocycles. The van der Waals surface area contributed by atoms with Crippen molar-refractivity contribution in [2.24, 2.45) is 0 Å². The molecule has 128 valence electrons. The van der Waals surface area contributed by atoms with Gasteiger partial charge in [-0.3, -0.25) is 14.3 Å². The Balaban J connectivity index is 1.47. The largest absolute Gasteiger partial charge is 0.349 e. The zero-order valence-corrected chi connectivity index (χ0v) is 13.8. The van der Waals surface area contributed by atoms with E-state index in [0.717, 1.165) is 31.1 Å². The van der Waals surface area contributed by atoms with Gasteiger partial charge in [-0.2, -0.15) is 5.10 Å². The van der Waals surface area contributed by atoms with Gasteiger partial charge in [0, 0.05) is 35.4 Å². The molecular formula is C19H20N4O2. The maximum absolute atomic E-state index is 12.7. The van der Waals surface area contributed by atoms with Gasteiger partial charge in [-0.15, -0.1) is 0 Å². The third-order valence-electron chi connectivity index (χ3n) is 4.93. The molecule has 2 N–H and O–H groups in total. The smallest absolute Gasteiger partial charge is 0.252 e. The topological polar surface area (TPSA) is 79.8 Å². The van der Waals surface area contributed by atoms with Crippen molar-refractivity contribution in [3.63, 3.8) is 0 Å². The first-order chi connectivity index (χ1) is 12.2. The third kappa shape index (κ3) is 3.20. The summed E-state index contributed by atoms with van der Waals surface area (Å²) in [6, 6.07) is 11.2. The number of pyridine rings is 1. The Kier molecular flexibility index (Phi) is 4.09. The molecule has 0 spiro atoms. The van der Waals surface area contributed by atoms with Crippen molar-refractivity contribution in [2.45, 2.75) is 37.8 Å². The van der Waals surface area contributed by atoms with Crippen LogP contribution >= 0.6 is 0 Å². The van der Waals surface area contributed by atoms with Gasteiger partial charge in [0.25, 0.3) is 5.91 Å². The molecule has 25 heavy (non-hydrogen) atoms. The molecule has 0 radical (unpaired) electrons. The first kappa shape index (κ1) is 15.6. The molecule has 1 aliphatic carbocycles. The van der Waals surface area contributed by atoms with Crippen LogP contribution in [0.2, 0.25) is 0 Å². The fourth-order valence-corrected chi connectivity index (χ4v) is 3.64. The SMILES string of the molecule is O=C(NC1CCC(n2cccn2)CC1)c1cc(=O)[nH]c2ccccc12. The minimum atomic E-state index is -0.258. The second-order valence-corrected chi connectivity index (χ2v) is 6.56. The van der Waals surface area contributed by atoms with Crippen LogP contribution in [-0.4, -0.2) is 26.7 Å². The number of benzene rings is 1. The summed E-state index contributed by atoms with van der Waals surface area (Å²) in [5, 5.41) is 8.18. The molecule has 0 aliphatic heterocycles. The number of aromatic amines is 1. The summed E-state index contributed by atoms with van der Waals surface area (Å²) in [4.78, 5) is 27.3. The first-order valence-electron chi connectivity index (χ1n) is 8.63. The van der Waals surface area contributed by atoms with Crippen LogP contribution in [0.4, 0.5) is 0 Å². The number of fused-ring (bicyclic) bond motifs is 1. The van der Waals surface area contributed by atoms with Gasteiger partial charge in [0.05, 0.1) is 11.6 Å². The van der Waals surface area contributed by atoms with Crippen LogP contribution in [0.1, 0.15) is 42.1 Å². The molecule has 1 fully saturated rings. The summed E-state index contributed by atoms with van der Waals surface area (Å²) in [5.74, 6) is -0.176. The van der Waals surface area contributed by atoms with Crippen LogP contribution in [0.3, 0.4) is 0 Å². The molecule has 2 heterocycles. The Morgan fingerprint density at radius 2 is 1.96 bits per heavy atom. The fourth-order valence-electron chi connectivity index (χ4n) is 3.64. The van der Waals surface area contributed by atoms with E-state index in [0.29, 0.717) is 17.1 Å². The number of carbonyl (C=O) groups is 1. The van der Waals surface area contributed by atoms with Crippen molar-refractivity contribution in [1.29, 1.82) is 0 Å². The average Bonchev–Trinajstić information content (AvgIpc) is 3.16. The lowest BCUT2D eigenvalue weighted by Gasteiger charge is -2.29. The van der Waals surface area contributed by atoms with Crippen molar-refractivity contribution < 1.29 is 4.79 Å². The van der Waals surface area contributed by atoms with Crippen LogP contribution in [0.5, 0.6) is 0 Å². The first-order valence-corrected chi connectivity index (χ1v) is 8.63. The summed E-state index contributed by atoms with van der Waals surface area (Å²) in [6.07, 6.45) is 7.60. The van der Waals surface area contributed by atoms with Gasteiger partial charge < -0.3 is 10.3 Å². The summed E-state index contributed by atoms with van der Waals surface area (Å²) >= 11 is 0. The Morgan fingerprint density at radius 3 is 2.72 bits per heavy atom. The van der Waals surface area contributed by atoms with Crippen molar-refractivity contribution in [3.8, 4) is 0 Å².